The fourth-order valence-corrected chi connectivity index (χ4v) is 2.56. The summed E-state index contributed by atoms with van der Waals surface area (Å²) in [4.78, 5) is 27.6. The Morgan fingerprint density at radius 1 is 1.08 bits per heavy atom. The summed E-state index contributed by atoms with van der Waals surface area (Å²) in [5.74, 6) is 0. The quantitative estimate of drug-likeness (QED) is 0.688. The SMILES string of the molecule is O=c1[nH]c(=O)c2c(CC(F)F)nn(Cc3ccc(C(F)(F)F)cc3)c2[nH]1. The molecule has 0 saturated heterocycles. The largest absolute Gasteiger partial charge is 0.416 e. The molecule has 0 aliphatic rings. The molecule has 0 aliphatic heterocycles. The molecular formula is C15H11F5N4O2. The van der Waals surface area contributed by atoms with Crippen LogP contribution < -0.4 is 11.2 Å². The lowest BCUT2D eigenvalue weighted by Gasteiger charge is -2.08. The summed E-state index contributed by atoms with van der Waals surface area (Å²) >= 11 is 0. The fourth-order valence-electron chi connectivity index (χ4n) is 2.56. The second kappa shape index (κ2) is 6.39. The minimum Gasteiger partial charge on any atom is -0.292 e. The van der Waals surface area contributed by atoms with Crippen LogP contribution in [0.5, 0.6) is 0 Å². The molecular weight excluding hydrogens is 363 g/mol. The number of hydrogen-bond donors (Lipinski definition) is 2. The minimum atomic E-state index is -4.49. The third-order valence-electron chi connectivity index (χ3n) is 3.67. The Bertz CT molecular complexity index is 1050. The maximum atomic E-state index is 12.7. The zero-order valence-electron chi connectivity index (χ0n) is 12.9. The lowest BCUT2D eigenvalue weighted by Crippen LogP contribution is -2.23. The number of hydrogen-bond acceptors (Lipinski definition) is 3. The van der Waals surface area contributed by atoms with Gasteiger partial charge >= 0.3 is 11.9 Å². The Hall–Kier alpha value is -2.98. The molecule has 0 radical (unpaired) electrons. The van der Waals surface area contributed by atoms with Crippen LogP contribution in [0.4, 0.5) is 22.0 Å². The standard InChI is InChI=1S/C15H11F5N4O2/c16-10(17)5-9-11-12(21-14(26)22-13(11)25)24(23-9)6-7-1-3-8(4-2-7)15(18,19)20/h1-4,10H,5-6H2,(H2,21,22,25,26). The molecule has 0 amide bonds. The summed E-state index contributed by atoms with van der Waals surface area (Å²) in [5.41, 5.74) is -2.45. The van der Waals surface area contributed by atoms with E-state index in [-0.39, 0.29) is 23.3 Å². The monoisotopic (exact) mass is 374 g/mol. The maximum absolute atomic E-state index is 12.7. The van der Waals surface area contributed by atoms with E-state index < -0.39 is 35.8 Å². The van der Waals surface area contributed by atoms with Gasteiger partial charge in [-0.05, 0) is 17.7 Å². The molecule has 138 valence electrons. The summed E-state index contributed by atoms with van der Waals surface area (Å²) in [6.45, 7) is -0.114. The number of halogens is 5. The van der Waals surface area contributed by atoms with Crippen LogP contribution in [-0.2, 0) is 19.1 Å². The second-order valence-electron chi connectivity index (χ2n) is 5.53. The van der Waals surface area contributed by atoms with Crippen LogP contribution in [0.15, 0.2) is 33.9 Å². The molecule has 0 spiro atoms. The number of alkyl halides is 5. The molecule has 0 fully saturated rings. The van der Waals surface area contributed by atoms with E-state index in [1.807, 2.05) is 4.98 Å². The van der Waals surface area contributed by atoms with E-state index in [4.69, 9.17) is 0 Å². The molecule has 2 heterocycles. The average Bonchev–Trinajstić information content (AvgIpc) is 2.83. The summed E-state index contributed by atoms with van der Waals surface area (Å²) in [6.07, 6.45) is -8.05. The van der Waals surface area contributed by atoms with Crippen molar-refractivity contribution < 1.29 is 22.0 Å². The summed E-state index contributed by atoms with van der Waals surface area (Å²) in [6, 6.07) is 4.15. The second-order valence-corrected chi connectivity index (χ2v) is 5.53. The van der Waals surface area contributed by atoms with Crippen molar-refractivity contribution in [3.8, 4) is 0 Å². The van der Waals surface area contributed by atoms with Crippen LogP contribution in [0.3, 0.4) is 0 Å². The van der Waals surface area contributed by atoms with Crippen molar-refractivity contribution in [1.29, 1.82) is 0 Å². The number of aromatic amines is 2. The van der Waals surface area contributed by atoms with E-state index in [2.05, 4.69) is 10.1 Å². The van der Waals surface area contributed by atoms with Crippen LogP contribution in [0.2, 0.25) is 0 Å². The highest BCUT2D eigenvalue weighted by molar-refractivity contribution is 5.77. The van der Waals surface area contributed by atoms with E-state index in [0.717, 1.165) is 16.8 Å². The molecule has 6 nitrogen and oxygen atoms in total. The number of benzene rings is 1. The normalized spacial score (nSPS) is 12.2. The molecule has 3 rings (SSSR count). The van der Waals surface area contributed by atoms with Gasteiger partial charge in [-0.1, -0.05) is 12.1 Å². The minimum absolute atomic E-state index is 0.0747. The predicted molar refractivity (Wildman–Crippen MR) is 81.2 cm³/mol. The zero-order valence-corrected chi connectivity index (χ0v) is 12.9. The molecule has 1 aromatic carbocycles. The first kappa shape index (κ1) is 17.8. The Morgan fingerprint density at radius 3 is 2.31 bits per heavy atom. The number of rotatable bonds is 4. The van der Waals surface area contributed by atoms with Gasteiger partial charge in [-0.15, -0.1) is 0 Å². The number of nitrogens with one attached hydrogen (secondary N) is 2. The van der Waals surface area contributed by atoms with Crippen LogP contribution in [0, 0.1) is 0 Å². The lowest BCUT2D eigenvalue weighted by atomic mass is 10.1. The molecule has 3 aromatic rings. The molecule has 2 N–H and O–H groups in total. The van der Waals surface area contributed by atoms with Crippen molar-refractivity contribution in [1.82, 2.24) is 19.7 Å². The van der Waals surface area contributed by atoms with E-state index in [1.54, 1.807) is 0 Å². The van der Waals surface area contributed by atoms with E-state index in [1.165, 1.54) is 12.1 Å². The maximum Gasteiger partial charge on any atom is 0.416 e. The predicted octanol–water partition coefficient (Wildman–Crippen LogP) is 2.29. The van der Waals surface area contributed by atoms with Gasteiger partial charge in [-0.2, -0.15) is 18.3 Å². The molecule has 0 unspecified atom stereocenters. The van der Waals surface area contributed by atoms with Gasteiger partial charge in [0.2, 0.25) is 6.43 Å². The van der Waals surface area contributed by atoms with E-state index >= 15 is 0 Å². The van der Waals surface area contributed by atoms with Crippen molar-refractivity contribution in [2.45, 2.75) is 25.6 Å². The molecule has 0 bridgehead atoms. The first-order valence-electron chi connectivity index (χ1n) is 7.31. The number of H-pyrrole nitrogens is 2. The van der Waals surface area contributed by atoms with Gasteiger partial charge in [-0.3, -0.25) is 14.8 Å². The summed E-state index contributed by atoms with van der Waals surface area (Å²) in [5, 5.41) is 3.74. The highest BCUT2D eigenvalue weighted by atomic mass is 19.4. The highest BCUT2D eigenvalue weighted by Crippen LogP contribution is 2.29. The van der Waals surface area contributed by atoms with Crippen molar-refractivity contribution in [2.24, 2.45) is 0 Å². The van der Waals surface area contributed by atoms with Gasteiger partial charge < -0.3 is 0 Å². The Morgan fingerprint density at radius 2 is 1.73 bits per heavy atom. The van der Waals surface area contributed by atoms with Crippen LogP contribution in [0.1, 0.15) is 16.8 Å². The molecule has 0 saturated carbocycles. The van der Waals surface area contributed by atoms with Crippen LogP contribution in [0.25, 0.3) is 11.0 Å². The Labute approximate surface area is 141 Å². The lowest BCUT2D eigenvalue weighted by molar-refractivity contribution is -0.137. The fraction of sp³-hybridized carbons (Fsp3) is 0.267. The van der Waals surface area contributed by atoms with E-state index in [9.17, 15) is 31.5 Å². The summed E-state index contributed by atoms with van der Waals surface area (Å²) in [7, 11) is 0. The van der Waals surface area contributed by atoms with Crippen LogP contribution in [-0.4, -0.2) is 26.2 Å². The smallest absolute Gasteiger partial charge is 0.292 e. The van der Waals surface area contributed by atoms with Crippen LogP contribution >= 0.6 is 0 Å². The third-order valence-corrected chi connectivity index (χ3v) is 3.67. The van der Waals surface area contributed by atoms with Gasteiger partial charge in [-0.25, -0.2) is 18.3 Å². The summed E-state index contributed by atoms with van der Waals surface area (Å²) < 4.78 is 64.3. The first-order valence-corrected chi connectivity index (χ1v) is 7.31. The van der Waals surface area contributed by atoms with Crippen molar-refractivity contribution in [3.63, 3.8) is 0 Å². The van der Waals surface area contributed by atoms with Crippen molar-refractivity contribution in [2.75, 3.05) is 0 Å². The Balaban J connectivity index is 2.05. The van der Waals surface area contributed by atoms with Gasteiger partial charge in [0.05, 0.1) is 24.2 Å². The van der Waals surface area contributed by atoms with Gasteiger partial charge in [0.25, 0.3) is 5.56 Å². The first-order chi connectivity index (χ1) is 12.1. The molecule has 2 aromatic heterocycles. The van der Waals surface area contributed by atoms with Crippen molar-refractivity contribution in [3.05, 3.63) is 61.9 Å². The average molecular weight is 374 g/mol. The topological polar surface area (TPSA) is 83.5 Å². The third kappa shape index (κ3) is 3.51. The number of fused-ring (bicyclic) bond motifs is 1. The van der Waals surface area contributed by atoms with Gasteiger partial charge in [0, 0.05) is 0 Å². The number of aromatic nitrogens is 4. The van der Waals surface area contributed by atoms with Gasteiger partial charge in [0.15, 0.2) is 0 Å². The highest BCUT2D eigenvalue weighted by Gasteiger charge is 2.30. The zero-order chi connectivity index (χ0) is 19.1. The number of nitrogens with zero attached hydrogens (tertiary/aromatic N) is 2. The van der Waals surface area contributed by atoms with E-state index in [0.29, 0.717) is 5.56 Å². The van der Waals surface area contributed by atoms with Crippen molar-refractivity contribution >= 4 is 11.0 Å². The van der Waals surface area contributed by atoms with Gasteiger partial charge in [0.1, 0.15) is 11.0 Å². The molecule has 0 aliphatic carbocycles. The molecule has 0 atom stereocenters. The molecule has 26 heavy (non-hydrogen) atoms. The Kier molecular flexibility index (Phi) is 4.38. The molecule has 11 heteroatoms.